The smallest absolute Gasteiger partial charge is 0.0934 e. The van der Waals surface area contributed by atoms with E-state index in [2.05, 4.69) is 39.0 Å². The molecule has 1 heteroatoms. The molecule has 1 nitrogen and oxygen atoms in total. The van der Waals surface area contributed by atoms with Crippen molar-refractivity contribution in [3.8, 4) is 0 Å². The molecule has 82 valence electrons. The van der Waals surface area contributed by atoms with Gasteiger partial charge in [-0.2, -0.15) is 0 Å². The van der Waals surface area contributed by atoms with Gasteiger partial charge in [0.05, 0.1) is 5.60 Å². The number of hydrogen-bond donors (Lipinski definition) is 1. The highest BCUT2D eigenvalue weighted by atomic mass is 16.3. The van der Waals surface area contributed by atoms with E-state index in [1.165, 1.54) is 16.7 Å². The lowest BCUT2D eigenvalue weighted by Crippen LogP contribution is -2.12. The minimum absolute atomic E-state index is 0.488. The van der Waals surface area contributed by atoms with E-state index in [1.807, 2.05) is 0 Å². The molecule has 2 rings (SSSR count). The summed E-state index contributed by atoms with van der Waals surface area (Å²) in [7, 11) is 0. The summed E-state index contributed by atoms with van der Waals surface area (Å²) in [4.78, 5) is 0. The normalized spacial score (nSPS) is 29.2. The highest BCUT2D eigenvalue weighted by Gasteiger charge is 2.54. The maximum atomic E-state index is 10.6. The SMILES string of the molecule is CCCC1CC1(O)c1c(C)cccc1C. The number of benzene rings is 1. The maximum absolute atomic E-state index is 10.6. The Hall–Kier alpha value is -0.820. The Labute approximate surface area is 92.1 Å². The van der Waals surface area contributed by atoms with Gasteiger partial charge in [0.1, 0.15) is 0 Å². The molecule has 0 heterocycles. The molecular formula is C14H20O. The van der Waals surface area contributed by atoms with E-state index in [0.717, 1.165) is 19.3 Å². The second-order valence-corrected chi connectivity index (χ2v) is 4.88. The molecule has 1 aromatic rings. The third kappa shape index (κ3) is 1.69. The molecule has 1 aliphatic carbocycles. The summed E-state index contributed by atoms with van der Waals surface area (Å²) < 4.78 is 0. The number of aliphatic hydroxyl groups is 1. The predicted octanol–water partition coefficient (Wildman–Crippen LogP) is 3.31. The second-order valence-electron chi connectivity index (χ2n) is 4.88. The third-order valence-electron chi connectivity index (χ3n) is 3.62. The molecule has 2 unspecified atom stereocenters. The quantitative estimate of drug-likeness (QED) is 0.801. The summed E-state index contributed by atoms with van der Waals surface area (Å²) in [6, 6.07) is 6.26. The van der Waals surface area contributed by atoms with E-state index in [9.17, 15) is 5.11 Å². The Bertz CT molecular complexity index is 349. The molecule has 0 spiro atoms. The zero-order valence-electron chi connectivity index (χ0n) is 9.88. The van der Waals surface area contributed by atoms with Gasteiger partial charge in [-0.25, -0.2) is 0 Å². The first-order valence-electron chi connectivity index (χ1n) is 5.88. The maximum Gasteiger partial charge on any atom is 0.0934 e. The fraction of sp³-hybridized carbons (Fsp3) is 0.571. The summed E-state index contributed by atoms with van der Waals surface area (Å²) in [5.74, 6) is 0.488. The van der Waals surface area contributed by atoms with Crippen LogP contribution in [0.25, 0.3) is 0 Å². The van der Waals surface area contributed by atoms with Crippen LogP contribution >= 0.6 is 0 Å². The van der Waals surface area contributed by atoms with Gasteiger partial charge in [-0.15, -0.1) is 0 Å². The Kier molecular flexibility index (Phi) is 2.59. The van der Waals surface area contributed by atoms with Gasteiger partial charge >= 0.3 is 0 Å². The highest BCUT2D eigenvalue weighted by molar-refractivity contribution is 5.42. The first-order chi connectivity index (χ1) is 7.09. The number of hydrogen-bond acceptors (Lipinski definition) is 1. The Morgan fingerprint density at radius 1 is 1.33 bits per heavy atom. The highest BCUT2D eigenvalue weighted by Crippen LogP contribution is 2.55. The molecule has 0 saturated heterocycles. The summed E-state index contributed by atoms with van der Waals surface area (Å²) in [6.07, 6.45) is 3.26. The van der Waals surface area contributed by atoms with Crippen molar-refractivity contribution in [3.63, 3.8) is 0 Å². The van der Waals surface area contributed by atoms with Crippen molar-refractivity contribution in [2.75, 3.05) is 0 Å². The lowest BCUT2D eigenvalue weighted by atomic mass is 9.94. The molecule has 1 saturated carbocycles. The largest absolute Gasteiger partial charge is 0.385 e. The van der Waals surface area contributed by atoms with Crippen LogP contribution in [-0.4, -0.2) is 5.11 Å². The molecule has 0 radical (unpaired) electrons. The van der Waals surface area contributed by atoms with Crippen LogP contribution in [0.15, 0.2) is 18.2 Å². The van der Waals surface area contributed by atoms with Crippen LogP contribution in [0.4, 0.5) is 0 Å². The molecular weight excluding hydrogens is 184 g/mol. The van der Waals surface area contributed by atoms with Gasteiger partial charge < -0.3 is 5.11 Å². The fourth-order valence-corrected chi connectivity index (χ4v) is 2.81. The van der Waals surface area contributed by atoms with Crippen molar-refractivity contribution in [3.05, 3.63) is 34.9 Å². The van der Waals surface area contributed by atoms with E-state index in [1.54, 1.807) is 0 Å². The molecule has 1 aromatic carbocycles. The van der Waals surface area contributed by atoms with Crippen LogP contribution in [0.3, 0.4) is 0 Å². The minimum Gasteiger partial charge on any atom is -0.385 e. The molecule has 1 fully saturated rings. The van der Waals surface area contributed by atoms with Gasteiger partial charge in [0.15, 0.2) is 0 Å². The van der Waals surface area contributed by atoms with Crippen LogP contribution in [0.1, 0.15) is 42.9 Å². The molecule has 0 amide bonds. The Morgan fingerprint density at radius 3 is 2.47 bits per heavy atom. The Morgan fingerprint density at radius 2 is 1.93 bits per heavy atom. The lowest BCUT2D eigenvalue weighted by Gasteiger charge is -2.17. The standard InChI is InChI=1S/C14H20O/c1-4-6-12-9-14(12,15)13-10(2)7-5-8-11(13)3/h5,7-8,12,15H,4,6,9H2,1-3H3. The van der Waals surface area contributed by atoms with Crippen molar-refractivity contribution in [1.82, 2.24) is 0 Å². The van der Waals surface area contributed by atoms with Crippen LogP contribution in [0.5, 0.6) is 0 Å². The van der Waals surface area contributed by atoms with Crippen LogP contribution in [-0.2, 0) is 5.60 Å². The molecule has 1 N–H and O–H groups in total. The van der Waals surface area contributed by atoms with Crippen molar-refractivity contribution in [2.24, 2.45) is 5.92 Å². The summed E-state index contributed by atoms with van der Waals surface area (Å²) in [5.41, 5.74) is 3.14. The molecule has 0 aliphatic heterocycles. The topological polar surface area (TPSA) is 20.2 Å². The van der Waals surface area contributed by atoms with E-state index in [-0.39, 0.29) is 0 Å². The van der Waals surface area contributed by atoms with E-state index in [0.29, 0.717) is 5.92 Å². The van der Waals surface area contributed by atoms with E-state index < -0.39 is 5.60 Å². The first kappa shape index (κ1) is 10.7. The lowest BCUT2D eigenvalue weighted by molar-refractivity contribution is 0.127. The average Bonchev–Trinajstić information content (AvgIpc) is 2.77. The van der Waals surface area contributed by atoms with Gasteiger partial charge in [-0.3, -0.25) is 0 Å². The summed E-state index contributed by atoms with van der Waals surface area (Å²) in [6.45, 7) is 6.38. The number of aryl methyl sites for hydroxylation is 2. The van der Waals surface area contributed by atoms with Crippen molar-refractivity contribution < 1.29 is 5.11 Å². The summed E-state index contributed by atoms with van der Waals surface area (Å²) >= 11 is 0. The van der Waals surface area contributed by atoms with E-state index in [4.69, 9.17) is 0 Å². The van der Waals surface area contributed by atoms with Gasteiger partial charge in [0.25, 0.3) is 0 Å². The summed E-state index contributed by atoms with van der Waals surface area (Å²) in [5, 5.41) is 10.6. The van der Waals surface area contributed by atoms with Crippen molar-refractivity contribution >= 4 is 0 Å². The van der Waals surface area contributed by atoms with Crippen molar-refractivity contribution in [2.45, 2.75) is 45.6 Å². The molecule has 0 bridgehead atoms. The fourth-order valence-electron chi connectivity index (χ4n) is 2.81. The molecule has 15 heavy (non-hydrogen) atoms. The molecule has 0 aromatic heterocycles. The number of rotatable bonds is 3. The Balaban J connectivity index is 2.31. The van der Waals surface area contributed by atoms with Gasteiger partial charge in [0.2, 0.25) is 0 Å². The zero-order valence-corrected chi connectivity index (χ0v) is 9.88. The monoisotopic (exact) mass is 204 g/mol. The molecule has 1 aliphatic rings. The molecule has 2 atom stereocenters. The third-order valence-corrected chi connectivity index (χ3v) is 3.62. The predicted molar refractivity (Wildman–Crippen MR) is 62.8 cm³/mol. The van der Waals surface area contributed by atoms with Crippen LogP contribution in [0, 0.1) is 19.8 Å². The van der Waals surface area contributed by atoms with Crippen LogP contribution in [0.2, 0.25) is 0 Å². The average molecular weight is 204 g/mol. The van der Waals surface area contributed by atoms with Gasteiger partial charge in [-0.1, -0.05) is 31.5 Å². The first-order valence-corrected chi connectivity index (χ1v) is 5.88. The van der Waals surface area contributed by atoms with Crippen LogP contribution < -0.4 is 0 Å². The van der Waals surface area contributed by atoms with Gasteiger partial charge in [0, 0.05) is 0 Å². The minimum atomic E-state index is -0.508. The van der Waals surface area contributed by atoms with Gasteiger partial charge in [-0.05, 0) is 49.3 Å². The van der Waals surface area contributed by atoms with Crippen molar-refractivity contribution in [1.29, 1.82) is 0 Å². The zero-order chi connectivity index (χ0) is 11.1. The second kappa shape index (κ2) is 3.64. The van der Waals surface area contributed by atoms with E-state index >= 15 is 0 Å².